The summed E-state index contributed by atoms with van der Waals surface area (Å²) in [4.78, 5) is 0. The highest BCUT2D eigenvalue weighted by molar-refractivity contribution is 5.41. The third kappa shape index (κ3) is 2.95. The van der Waals surface area contributed by atoms with Crippen LogP contribution in [0.2, 0.25) is 0 Å². The third-order valence-electron chi connectivity index (χ3n) is 3.33. The van der Waals surface area contributed by atoms with Gasteiger partial charge >= 0.3 is 0 Å². The Morgan fingerprint density at radius 2 is 1.89 bits per heavy atom. The summed E-state index contributed by atoms with van der Waals surface area (Å²) in [5, 5.41) is 0. The minimum atomic E-state index is -0.0318. The van der Waals surface area contributed by atoms with Crippen LogP contribution in [0.5, 0.6) is 5.75 Å². The third-order valence-corrected chi connectivity index (χ3v) is 3.33. The summed E-state index contributed by atoms with van der Waals surface area (Å²) in [7, 11) is 1.67. The Balaban J connectivity index is 2.43. The highest BCUT2D eigenvalue weighted by atomic mass is 16.5. The Hall–Kier alpha value is -1.84. The van der Waals surface area contributed by atoms with Crippen molar-refractivity contribution in [1.82, 2.24) is 5.43 Å². The van der Waals surface area contributed by atoms with Crippen LogP contribution in [0.3, 0.4) is 0 Å². The van der Waals surface area contributed by atoms with Gasteiger partial charge in [-0.1, -0.05) is 35.9 Å². The molecule has 0 aliphatic carbocycles. The van der Waals surface area contributed by atoms with Crippen LogP contribution in [0.15, 0.2) is 42.5 Å². The molecule has 0 bridgehead atoms. The molecular formula is C16H20N2O. The van der Waals surface area contributed by atoms with E-state index in [4.69, 9.17) is 10.6 Å². The molecule has 0 saturated heterocycles. The number of aryl methyl sites for hydroxylation is 2. The molecule has 3 N–H and O–H groups in total. The molecule has 19 heavy (non-hydrogen) atoms. The van der Waals surface area contributed by atoms with Gasteiger partial charge in [0.1, 0.15) is 5.75 Å². The number of hydrazine groups is 1. The molecule has 1 unspecified atom stereocenters. The molecule has 0 heterocycles. The van der Waals surface area contributed by atoms with E-state index in [0.29, 0.717) is 0 Å². The topological polar surface area (TPSA) is 47.3 Å². The molecule has 3 heteroatoms. The van der Waals surface area contributed by atoms with E-state index in [1.54, 1.807) is 7.11 Å². The predicted octanol–water partition coefficient (Wildman–Crippen LogP) is 2.86. The second-order valence-electron chi connectivity index (χ2n) is 4.74. The fourth-order valence-corrected chi connectivity index (χ4v) is 2.34. The number of methoxy groups -OCH3 is 1. The van der Waals surface area contributed by atoms with E-state index in [0.717, 1.165) is 11.3 Å². The number of hydrogen-bond donors (Lipinski definition) is 2. The first-order valence-corrected chi connectivity index (χ1v) is 6.33. The quantitative estimate of drug-likeness (QED) is 0.653. The lowest BCUT2D eigenvalue weighted by molar-refractivity contribution is 0.413. The number of nitrogens with two attached hydrogens (primary N) is 1. The van der Waals surface area contributed by atoms with E-state index >= 15 is 0 Å². The second kappa shape index (κ2) is 5.87. The van der Waals surface area contributed by atoms with Gasteiger partial charge in [-0.3, -0.25) is 5.84 Å². The normalized spacial score (nSPS) is 12.2. The first kappa shape index (κ1) is 13.6. The summed E-state index contributed by atoms with van der Waals surface area (Å²) in [5.74, 6) is 6.58. The van der Waals surface area contributed by atoms with Crippen molar-refractivity contribution in [1.29, 1.82) is 0 Å². The van der Waals surface area contributed by atoms with Crippen LogP contribution in [-0.4, -0.2) is 7.11 Å². The Morgan fingerprint density at radius 3 is 2.53 bits per heavy atom. The second-order valence-corrected chi connectivity index (χ2v) is 4.74. The molecule has 0 spiro atoms. The summed E-state index contributed by atoms with van der Waals surface area (Å²) in [6.45, 7) is 4.19. The van der Waals surface area contributed by atoms with E-state index in [1.807, 2.05) is 24.3 Å². The van der Waals surface area contributed by atoms with Crippen molar-refractivity contribution in [2.75, 3.05) is 7.11 Å². The van der Waals surface area contributed by atoms with Gasteiger partial charge in [-0.2, -0.15) is 0 Å². The van der Waals surface area contributed by atoms with Crippen molar-refractivity contribution in [2.45, 2.75) is 19.9 Å². The van der Waals surface area contributed by atoms with Crippen LogP contribution < -0.4 is 16.0 Å². The predicted molar refractivity (Wildman–Crippen MR) is 78.1 cm³/mol. The fourth-order valence-electron chi connectivity index (χ4n) is 2.34. The molecule has 0 amide bonds. The monoisotopic (exact) mass is 256 g/mol. The maximum atomic E-state index is 5.74. The van der Waals surface area contributed by atoms with Crippen LogP contribution in [0.25, 0.3) is 0 Å². The number of ether oxygens (including phenoxy) is 1. The van der Waals surface area contributed by atoms with Crippen molar-refractivity contribution >= 4 is 0 Å². The van der Waals surface area contributed by atoms with Gasteiger partial charge in [-0.15, -0.1) is 0 Å². The zero-order chi connectivity index (χ0) is 13.8. The fraction of sp³-hybridized carbons (Fsp3) is 0.250. The summed E-state index contributed by atoms with van der Waals surface area (Å²) >= 11 is 0. The Kier molecular flexibility index (Phi) is 4.20. The maximum Gasteiger partial charge on any atom is 0.119 e. The Bertz CT molecular complexity index is 566. The summed E-state index contributed by atoms with van der Waals surface area (Å²) < 4.78 is 5.27. The van der Waals surface area contributed by atoms with Crippen molar-refractivity contribution in [3.8, 4) is 5.75 Å². The van der Waals surface area contributed by atoms with E-state index < -0.39 is 0 Å². The lowest BCUT2D eigenvalue weighted by Crippen LogP contribution is -2.29. The van der Waals surface area contributed by atoms with E-state index in [1.165, 1.54) is 16.7 Å². The minimum Gasteiger partial charge on any atom is -0.497 e. The largest absolute Gasteiger partial charge is 0.497 e. The Labute approximate surface area is 114 Å². The maximum absolute atomic E-state index is 5.74. The first-order valence-electron chi connectivity index (χ1n) is 6.33. The number of rotatable bonds is 4. The van der Waals surface area contributed by atoms with Crippen molar-refractivity contribution in [2.24, 2.45) is 5.84 Å². The summed E-state index contributed by atoms with van der Waals surface area (Å²) in [6.07, 6.45) is 0. The highest BCUT2D eigenvalue weighted by Gasteiger charge is 2.15. The van der Waals surface area contributed by atoms with Crippen LogP contribution in [0.4, 0.5) is 0 Å². The molecule has 1 atom stereocenters. The molecule has 0 aliphatic heterocycles. The van der Waals surface area contributed by atoms with Gasteiger partial charge in [0, 0.05) is 0 Å². The molecule has 2 aromatic carbocycles. The van der Waals surface area contributed by atoms with Crippen molar-refractivity contribution in [3.05, 3.63) is 64.7 Å². The van der Waals surface area contributed by atoms with Crippen LogP contribution >= 0.6 is 0 Å². The smallest absolute Gasteiger partial charge is 0.119 e. The SMILES string of the molecule is COc1cccc(C(NN)c2ccc(C)cc2C)c1. The Morgan fingerprint density at radius 1 is 1.11 bits per heavy atom. The lowest BCUT2D eigenvalue weighted by Gasteiger charge is -2.20. The first-order chi connectivity index (χ1) is 9.15. The van der Waals surface area contributed by atoms with Crippen LogP contribution in [-0.2, 0) is 0 Å². The van der Waals surface area contributed by atoms with Gasteiger partial charge in [0.05, 0.1) is 13.2 Å². The molecule has 3 nitrogen and oxygen atoms in total. The minimum absolute atomic E-state index is 0.0318. The standard InChI is InChI=1S/C16H20N2O/c1-11-7-8-15(12(2)9-11)16(18-17)13-5-4-6-14(10-13)19-3/h4-10,16,18H,17H2,1-3H3. The van der Waals surface area contributed by atoms with Gasteiger partial charge in [-0.25, -0.2) is 5.43 Å². The molecule has 0 aromatic heterocycles. The van der Waals surface area contributed by atoms with E-state index in [-0.39, 0.29) is 6.04 Å². The zero-order valence-corrected chi connectivity index (χ0v) is 11.6. The molecule has 0 saturated carbocycles. The van der Waals surface area contributed by atoms with E-state index in [9.17, 15) is 0 Å². The van der Waals surface area contributed by atoms with Crippen LogP contribution in [0.1, 0.15) is 28.3 Å². The van der Waals surface area contributed by atoms with Gasteiger partial charge in [-0.05, 0) is 42.7 Å². The van der Waals surface area contributed by atoms with Gasteiger partial charge in [0.15, 0.2) is 0 Å². The summed E-state index contributed by atoms with van der Waals surface area (Å²) in [6, 6.07) is 14.3. The zero-order valence-electron chi connectivity index (χ0n) is 11.6. The van der Waals surface area contributed by atoms with Crippen molar-refractivity contribution < 1.29 is 4.74 Å². The van der Waals surface area contributed by atoms with Gasteiger partial charge in [0.2, 0.25) is 0 Å². The number of benzene rings is 2. The summed E-state index contributed by atoms with van der Waals surface area (Å²) in [5.41, 5.74) is 7.64. The molecule has 2 aromatic rings. The van der Waals surface area contributed by atoms with Crippen molar-refractivity contribution in [3.63, 3.8) is 0 Å². The lowest BCUT2D eigenvalue weighted by atomic mass is 9.94. The van der Waals surface area contributed by atoms with E-state index in [2.05, 4.69) is 37.5 Å². The number of hydrogen-bond acceptors (Lipinski definition) is 3. The highest BCUT2D eigenvalue weighted by Crippen LogP contribution is 2.27. The number of nitrogens with one attached hydrogen (secondary N) is 1. The molecular weight excluding hydrogens is 236 g/mol. The molecule has 100 valence electrons. The average molecular weight is 256 g/mol. The van der Waals surface area contributed by atoms with Gasteiger partial charge in [0.25, 0.3) is 0 Å². The molecule has 0 radical (unpaired) electrons. The average Bonchev–Trinajstić information content (AvgIpc) is 2.42. The van der Waals surface area contributed by atoms with Crippen LogP contribution in [0, 0.1) is 13.8 Å². The molecule has 2 rings (SSSR count). The molecule has 0 fully saturated rings. The van der Waals surface area contributed by atoms with Gasteiger partial charge < -0.3 is 4.74 Å². The molecule has 0 aliphatic rings.